The molecule has 3 N–H and O–H groups in total. The number of phenolic OH excluding ortho intramolecular Hbond substituents is 1. The third-order valence-electron chi connectivity index (χ3n) is 2.16. The molecule has 1 atom stereocenters. The molecule has 0 aliphatic heterocycles. The number of hydrogen-bond acceptors (Lipinski definition) is 2. The van der Waals surface area contributed by atoms with Crippen molar-refractivity contribution in [1.82, 2.24) is 0 Å². The lowest BCUT2D eigenvalue weighted by Crippen LogP contribution is -2.28. The van der Waals surface area contributed by atoms with Gasteiger partial charge in [-0.15, -0.1) is 0 Å². The van der Waals surface area contributed by atoms with Crippen LogP contribution in [0.1, 0.15) is 22.7 Å². The van der Waals surface area contributed by atoms with E-state index in [2.05, 4.69) is 0 Å². The van der Waals surface area contributed by atoms with Crippen molar-refractivity contribution in [3.63, 3.8) is 0 Å². The van der Waals surface area contributed by atoms with Crippen molar-refractivity contribution in [2.75, 3.05) is 0 Å². The van der Waals surface area contributed by atoms with Crippen LogP contribution in [-0.4, -0.2) is 11.3 Å². The maximum atomic E-state index is 12.3. The van der Waals surface area contributed by atoms with Crippen LogP contribution in [0.4, 0.5) is 13.2 Å². The molecule has 0 fully saturated rings. The van der Waals surface area contributed by atoms with Crippen molar-refractivity contribution in [3.8, 4) is 5.75 Å². The van der Waals surface area contributed by atoms with Crippen LogP contribution in [-0.2, 0) is 0 Å². The molecule has 5 heteroatoms. The van der Waals surface area contributed by atoms with Gasteiger partial charge in [0.2, 0.25) is 0 Å². The third-order valence-corrected chi connectivity index (χ3v) is 2.16. The van der Waals surface area contributed by atoms with Crippen molar-refractivity contribution in [2.24, 2.45) is 5.73 Å². The number of phenols is 1. The molecule has 0 bridgehead atoms. The molecule has 15 heavy (non-hydrogen) atoms. The number of alkyl halides is 3. The summed E-state index contributed by atoms with van der Waals surface area (Å²) in [6.07, 6.45) is -4.54. The highest BCUT2D eigenvalue weighted by Gasteiger charge is 2.39. The molecule has 2 nitrogen and oxygen atoms in total. The fourth-order valence-electron chi connectivity index (χ4n) is 1.41. The van der Waals surface area contributed by atoms with Gasteiger partial charge in [-0.3, -0.25) is 0 Å². The molecule has 0 radical (unpaired) electrons. The molecule has 0 saturated heterocycles. The smallest absolute Gasteiger partial charge is 0.407 e. The number of hydrogen-bond donors (Lipinski definition) is 2. The maximum absolute atomic E-state index is 12.3. The Morgan fingerprint density at radius 1 is 1.27 bits per heavy atom. The van der Waals surface area contributed by atoms with E-state index in [1.807, 2.05) is 0 Å². The van der Waals surface area contributed by atoms with Gasteiger partial charge < -0.3 is 10.8 Å². The van der Waals surface area contributed by atoms with Crippen LogP contribution < -0.4 is 5.73 Å². The second kappa shape index (κ2) is 3.73. The Morgan fingerprint density at radius 2 is 1.80 bits per heavy atom. The Balaban J connectivity index is 3.25. The predicted octanol–water partition coefficient (Wildman–Crippen LogP) is 2.57. The molecule has 0 aliphatic rings. The molecule has 0 heterocycles. The zero-order valence-corrected chi connectivity index (χ0v) is 8.39. The average molecular weight is 219 g/mol. The third kappa shape index (κ3) is 2.41. The van der Waals surface area contributed by atoms with Gasteiger partial charge in [-0.05, 0) is 19.4 Å². The van der Waals surface area contributed by atoms with Gasteiger partial charge in [0, 0.05) is 5.56 Å². The molecule has 0 spiro atoms. The quantitative estimate of drug-likeness (QED) is 0.762. The normalized spacial score (nSPS) is 14.0. The molecule has 0 amide bonds. The molecule has 1 aromatic rings. The lowest BCUT2D eigenvalue weighted by molar-refractivity contribution is -0.149. The molecule has 0 aromatic heterocycles. The van der Waals surface area contributed by atoms with Gasteiger partial charge in [-0.1, -0.05) is 17.7 Å². The highest BCUT2D eigenvalue weighted by atomic mass is 19.4. The number of aryl methyl sites for hydroxylation is 2. The Hall–Kier alpha value is -1.23. The first kappa shape index (κ1) is 11.8. The molecule has 0 saturated carbocycles. The Morgan fingerprint density at radius 3 is 2.27 bits per heavy atom. The zero-order valence-electron chi connectivity index (χ0n) is 8.39. The van der Waals surface area contributed by atoms with Gasteiger partial charge in [0.15, 0.2) is 0 Å². The number of halogens is 3. The predicted molar refractivity (Wildman–Crippen MR) is 50.6 cm³/mol. The Kier molecular flexibility index (Phi) is 2.95. The fourth-order valence-corrected chi connectivity index (χ4v) is 1.41. The summed E-state index contributed by atoms with van der Waals surface area (Å²) < 4.78 is 37.0. The van der Waals surface area contributed by atoms with Crippen LogP contribution in [0.3, 0.4) is 0 Å². The summed E-state index contributed by atoms with van der Waals surface area (Å²) in [4.78, 5) is 0. The first-order chi connectivity index (χ1) is 6.73. The van der Waals surface area contributed by atoms with E-state index in [4.69, 9.17) is 5.73 Å². The largest absolute Gasteiger partial charge is 0.507 e. The Bertz CT molecular complexity index is 374. The lowest BCUT2D eigenvalue weighted by Gasteiger charge is -2.18. The summed E-state index contributed by atoms with van der Waals surface area (Å²) in [6, 6.07) is 0.707. The average Bonchev–Trinajstić information content (AvgIpc) is 2.08. The van der Waals surface area contributed by atoms with Gasteiger partial charge >= 0.3 is 6.18 Å². The van der Waals surface area contributed by atoms with Crippen LogP contribution in [0.15, 0.2) is 12.1 Å². The fraction of sp³-hybridized carbons (Fsp3) is 0.400. The number of benzene rings is 1. The monoisotopic (exact) mass is 219 g/mol. The molecule has 1 rings (SSSR count). The van der Waals surface area contributed by atoms with Crippen molar-refractivity contribution in [2.45, 2.75) is 26.1 Å². The highest BCUT2D eigenvalue weighted by molar-refractivity contribution is 5.44. The minimum Gasteiger partial charge on any atom is -0.507 e. The van der Waals surface area contributed by atoms with Crippen LogP contribution in [0.25, 0.3) is 0 Å². The highest BCUT2D eigenvalue weighted by Crippen LogP contribution is 2.36. The number of nitrogens with two attached hydrogens (primary N) is 1. The van der Waals surface area contributed by atoms with Gasteiger partial charge in [0.05, 0.1) is 0 Å². The van der Waals surface area contributed by atoms with E-state index in [-0.39, 0.29) is 11.3 Å². The maximum Gasteiger partial charge on any atom is 0.407 e. The molecular formula is C10H12F3NO. The van der Waals surface area contributed by atoms with Crippen LogP contribution in [0, 0.1) is 13.8 Å². The van der Waals surface area contributed by atoms with Gasteiger partial charge in [0.1, 0.15) is 11.8 Å². The first-order valence-electron chi connectivity index (χ1n) is 4.36. The Labute approximate surface area is 85.5 Å². The summed E-state index contributed by atoms with van der Waals surface area (Å²) in [6.45, 7) is 3.19. The molecule has 0 aliphatic carbocycles. The summed E-state index contributed by atoms with van der Waals surface area (Å²) in [5.41, 5.74) is 5.78. The second-order valence-electron chi connectivity index (χ2n) is 3.54. The molecule has 84 valence electrons. The van der Waals surface area contributed by atoms with E-state index in [1.165, 1.54) is 13.0 Å². The zero-order chi connectivity index (χ0) is 11.8. The molecule has 1 aromatic carbocycles. The molecular weight excluding hydrogens is 207 g/mol. The standard InChI is InChI=1S/C10H12F3NO/c1-5-3-6(2)8(15)7(4-5)9(14)10(11,12)13/h3-4,9,15H,14H2,1-2H3/t9-/m1/s1. The molecule has 0 unspecified atom stereocenters. The number of aromatic hydroxyl groups is 1. The lowest BCUT2D eigenvalue weighted by atomic mass is 10.00. The van der Waals surface area contributed by atoms with Crippen molar-refractivity contribution in [1.29, 1.82) is 0 Å². The van der Waals surface area contributed by atoms with Crippen molar-refractivity contribution < 1.29 is 18.3 Å². The minimum atomic E-state index is -4.54. The van der Waals surface area contributed by atoms with Crippen molar-refractivity contribution >= 4 is 0 Å². The van der Waals surface area contributed by atoms with Crippen LogP contribution in [0.5, 0.6) is 5.75 Å². The van der Waals surface area contributed by atoms with E-state index in [0.717, 1.165) is 0 Å². The van der Waals surface area contributed by atoms with Crippen LogP contribution >= 0.6 is 0 Å². The topological polar surface area (TPSA) is 46.2 Å². The van der Waals surface area contributed by atoms with Crippen LogP contribution in [0.2, 0.25) is 0 Å². The van der Waals surface area contributed by atoms with E-state index in [0.29, 0.717) is 11.1 Å². The van der Waals surface area contributed by atoms with E-state index >= 15 is 0 Å². The first-order valence-corrected chi connectivity index (χ1v) is 4.36. The van der Waals surface area contributed by atoms with E-state index < -0.39 is 12.2 Å². The van der Waals surface area contributed by atoms with Crippen molar-refractivity contribution in [3.05, 3.63) is 28.8 Å². The summed E-state index contributed by atoms with van der Waals surface area (Å²) in [7, 11) is 0. The van der Waals surface area contributed by atoms with E-state index in [1.54, 1.807) is 13.0 Å². The summed E-state index contributed by atoms with van der Waals surface area (Å²) in [5.74, 6) is -0.384. The minimum absolute atomic E-state index is 0.278. The summed E-state index contributed by atoms with van der Waals surface area (Å²) >= 11 is 0. The van der Waals surface area contributed by atoms with E-state index in [9.17, 15) is 18.3 Å². The second-order valence-corrected chi connectivity index (χ2v) is 3.54. The van der Waals surface area contributed by atoms with Gasteiger partial charge in [-0.25, -0.2) is 0 Å². The van der Waals surface area contributed by atoms with Gasteiger partial charge in [0.25, 0.3) is 0 Å². The SMILES string of the molecule is Cc1cc(C)c(O)c([C@@H](N)C(F)(F)F)c1. The summed E-state index contributed by atoms with van der Waals surface area (Å²) in [5, 5.41) is 9.48. The van der Waals surface area contributed by atoms with Gasteiger partial charge in [-0.2, -0.15) is 13.2 Å². The number of rotatable bonds is 1.